The van der Waals surface area contributed by atoms with Gasteiger partial charge in [-0.15, -0.1) is 0 Å². The van der Waals surface area contributed by atoms with Gasteiger partial charge in [-0.3, -0.25) is 9.59 Å². The van der Waals surface area contributed by atoms with Crippen LogP contribution in [0, 0.1) is 47.3 Å². The molecule has 9 atom stereocenters. The van der Waals surface area contributed by atoms with Crippen molar-refractivity contribution in [2.45, 2.75) is 51.5 Å². The van der Waals surface area contributed by atoms with Crippen LogP contribution in [0.25, 0.3) is 0 Å². The first kappa shape index (κ1) is 20.2. The van der Waals surface area contributed by atoms with E-state index in [1.807, 2.05) is 0 Å². The van der Waals surface area contributed by atoms with E-state index in [0.29, 0.717) is 0 Å². The van der Waals surface area contributed by atoms with Crippen molar-refractivity contribution in [3.8, 4) is 0 Å². The minimum absolute atomic E-state index is 0.0232. The van der Waals surface area contributed by atoms with E-state index in [4.69, 9.17) is 0 Å². The Morgan fingerprint density at radius 1 is 0.759 bits per heavy atom. The largest absolute Gasteiger partial charge is 0.550 e. The lowest BCUT2D eigenvalue weighted by Crippen LogP contribution is -2.51. The molecule has 4 aliphatic rings. The summed E-state index contributed by atoms with van der Waals surface area (Å²) in [5.74, 6) is -5.24. The molecule has 4 rings (SSSR count). The van der Waals surface area contributed by atoms with Gasteiger partial charge < -0.3 is 30.4 Å². The molecule has 0 unspecified atom stereocenters. The zero-order chi connectivity index (χ0) is 20.9. The summed E-state index contributed by atoms with van der Waals surface area (Å²) in [6.45, 7) is 1.92. The average Bonchev–Trinajstić information content (AvgIpc) is 3.44. The number of aliphatic carboxylic acids is 2. The van der Waals surface area contributed by atoms with Gasteiger partial charge in [0.2, 0.25) is 11.8 Å². The Morgan fingerprint density at radius 2 is 1.17 bits per heavy atom. The van der Waals surface area contributed by atoms with Crippen LogP contribution in [-0.2, 0) is 19.2 Å². The highest BCUT2D eigenvalue weighted by Gasteiger charge is 2.52. The molecule has 4 fully saturated rings. The second-order valence-electron chi connectivity index (χ2n) is 9.56. The number of hydrogen-bond donors (Lipinski definition) is 2. The van der Waals surface area contributed by atoms with Crippen molar-refractivity contribution in [2.24, 2.45) is 47.3 Å². The van der Waals surface area contributed by atoms with Crippen LogP contribution in [-0.4, -0.2) is 36.3 Å². The van der Waals surface area contributed by atoms with Gasteiger partial charge in [0.05, 0.1) is 0 Å². The number of carbonyl (C=O) groups is 4. The maximum atomic E-state index is 12.7. The zero-order valence-electron chi connectivity index (χ0n) is 16.6. The van der Waals surface area contributed by atoms with E-state index >= 15 is 0 Å². The predicted octanol–water partition coefficient (Wildman–Crippen LogP) is -1.57. The molecule has 8 nitrogen and oxygen atoms in total. The predicted molar refractivity (Wildman–Crippen MR) is 96.3 cm³/mol. The molecule has 0 spiro atoms. The van der Waals surface area contributed by atoms with Gasteiger partial charge in [0, 0.05) is 48.2 Å². The molecule has 0 aliphatic heterocycles. The van der Waals surface area contributed by atoms with Crippen LogP contribution < -0.4 is 20.8 Å². The van der Waals surface area contributed by atoms with Crippen molar-refractivity contribution >= 4 is 23.8 Å². The van der Waals surface area contributed by atoms with Gasteiger partial charge in [-0.05, 0) is 69.1 Å². The Bertz CT molecular complexity index is 724. The number of rotatable bonds is 7. The SMILES string of the molecule is C[C@H](CNC(=O)[C@H]1[C@H]2CC[C@@H](C2)[C@@H]1C(=O)[O-])NC(=O)[C@@H]1[C@H]2CC[C@@H](C2)[C@@H]1C(=O)[O-]. The quantitative estimate of drug-likeness (QED) is 0.526. The Labute approximate surface area is 169 Å². The van der Waals surface area contributed by atoms with Gasteiger partial charge in [0.1, 0.15) is 0 Å². The lowest BCUT2D eigenvalue weighted by atomic mass is 9.78. The van der Waals surface area contributed by atoms with Crippen molar-refractivity contribution in [1.29, 1.82) is 0 Å². The Hall–Kier alpha value is -2.12. The highest BCUT2D eigenvalue weighted by atomic mass is 16.4. The Morgan fingerprint density at radius 3 is 1.62 bits per heavy atom. The molecule has 2 N–H and O–H groups in total. The highest BCUT2D eigenvalue weighted by molar-refractivity contribution is 5.87. The molecule has 0 saturated heterocycles. The standard InChI is InChI=1S/C21H30N2O6/c1-9(23-19(25)15-11-3-5-13(7-11)17(15)21(28)29)8-22-18(24)14-10-2-4-12(6-10)16(14)20(26)27/h9-17H,2-8H2,1H3,(H,22,24)(H,23,25)(H,26,27)(H,28,29)/p-2/t9-,10+,11+,12+,13+,14+,15-,16+,17+/m1/s1. The summed E-state index contributed by atoms with van der Waals surface area (Å²) in [6, 6.07) is -0.382. The number of nitrogens with one attached hydrogen (secondary N) is 2. The third kappa shape index (κ3) is 3.51. The van der Waals surface area contributed by atoms with Crippen LogP contribution in [0.5, 0.6) is 0 Å². The molecule has 0 radical (unpaired) electrons. The maximum absolute atomic E-state index is 12.7. The highest BCUT2D eigenvalue weighted by Crippen LogP contribution is 2.53. The van der Waals surface area contributed by atoms with Crippen LogP contribution in [0.4, 0.5) is 0 Å². The van der Waals surface area contributed by atoms with Gasteiger partial charge in [-0.1, -0.05) is 0 Å². The van der Waals surface area contributed by atoms with Crippen LogP contribution in [0.2, 0.25) is 0 Å². The zero-order valence-corrected chi connectivity index (χ0v) is 16.6. The molecule has 29 heavy (non-hydrogen) atoms. The number of amides is 2. The Balaban J connectivity index is 1.30. The molecule has 8 heteroatoms. The molecular weight excluding hydrogens is 376 g/mol. The molecule has 4 saturated carbocycles. The van der Waals surface area contributed by atoms with Gasteiger partial charge >= 0.3 is 0 Å². The van der Waals surface area contributed by atoms with Gasteiger partial charge in [0.25, 0.3) is 0 Å². The number of hydrogen-bond acceptors (Lipinski definition) is 6. The van der Waals surface area contributed by atoms with E-state index in [2.05, 4.69) is 10.6 Å². The monoisotopic (exact) mass is 404 g/mol. The average molecular weight is 404 g/mol. The van der Waals surface area contributed by atoms with Gasteiger partial charge in [0.15, 0.2) is 0 Å². The van der Waals surface area contributed by atoms with Gasteiger partial charge in [-0.25, -0.2) is 0 Å². The fourth-order valence-corrected chi connectivity index (χ4v) is 6.78. The third-order valence-electron chi connectivity index (χ3n) is 7.95. The van der Waals surface area contributed by atoms with Crippen molar-refractivity contribution in [2.75, 3.05) is 6.54 Å². The topological polar surface area (TPSA) is 138 Å². The molecule has 0 heterocycles. The molecule has 2 amide bonds. The second kappa shape index (κ2) is 7.61. The minimum atomic E-state index is -1.15. The van der Waals surface area contributed by atoms with E-state index in [1.54, 1.807) is 6.92 Å². The van der Waals surface area contributed by atoms with Crippen LogP contribution in [0.15, 0.2) is 0 Å². The smallest absolute Gasteiger partial charge is 0.224 e. The van der Waals surface area contributed by atoms with E-state index in [-0.39, 0.29) is 48.1 Å². The summed E-state index contributed by atoms with van der Waals surface area (Å²) in [6.07, 6.45) is 4.93. The summed E-state index contributed by atoms with van der Waals surface area (Å²) in [7, 11) is 0. The van der Waals surface area contributed by atoms with Crippen molar-refractivity contribution < 1.29 is 29.4 Å². The molecular formula is C21H28N2O6-2. The molecule has 4 bridgehead atoms. The number of carboxylic acid groups (broad SMARTS) is 2. The summed E-state index contributed by atoms with van der Waals surface area (Å²) < 4.78 is 0. The second-order valence-corrected chi connectivity index (χ2v) is 9.56. The van der Waals surface area contributed by atoms with Crippen LogP contribution >= 0.6 is 0 Å². The molecule has 160 valence electrons. The van der Waals surface area contributed by atoms with Crippen LogP contribution in [0.1, 0.15) is 45.4 Å². The fourth-order valence-electron chi connectivity index (χ4n) is 6.78. The van der Waals surface area contributed by atoms with E-state index in [1.165, 1.54) is 0 Å². The first-order valence-electron chi connectivity index (χ1n) is 10.8. The molecule has 4 aliphatic carbocycles. The first-order chi connectivity index (χ1) is 13.8. The molecule has 0 aromatic heterocycles. The lowest BCUT2D eigenvalue weighted by molar-refractivity contribution is -0.315. The first-order valence-corrected chi connectivity index (χ1v) is 10.8. The van der Waals surface area contributed by atoms with Gasteiger partial charge in [-0.2, -0.15) is 0 Å². The normalized spacial score (nSPS) is 40.6. The minimum Gasteiger partial charge on any atom is -0.550 e. The van der Waals surface area contributed by atoms with E-state index in [0.717, 1.165) is 38.5 Å². The third-order valence-corrected chi connectivity index (χ3v) is 7.95. The van der Waals surface area contributed by atoms with Crippen molar-refractivity contribution in [3.63, 3.8) is 0 Å². The molecule has 0 aromatic carbocycles. The van der Waals surface area contributed by atoms with Crippen molar-refractivity contribution in [1.82, 2.24) is 10.6 Å². The maximum Gasteiger partial charge on any atom is 0.224 e. The fraction of sp³-hybridized carbons (Fsp3) is 0.810. The number of fused-ring (bicyclic) bond motifs is 4. The summed E-state index contributed by atoms with van der Waals surface area (Å²) >= 11 is 0. The lowest BCUT2D eigenvalue weighted by Gasteiger charge is -2.32. The van der Waals surface area contributed by atoms with Crippen LogP contribution in [0.3, 0.4) is 0 Å². The van der Waals surface area contributed by atoms with E-state index < -0.39 is 35.6 Å². The number of carboxylic acids is 2. The van der Waals surface area contributed by atoms with Crippen molar-refractivity contribution in [3.05, 3.63) is 0 Å². The summed E-state index contributed by atoms with van der Waals surface area (Å²) in [5, 5.41) is 28.6. The van der Waals surface area contributed by atoms with E-state index in [9.17, 15) is 29.4 Å². The number of carbonyl (C=O) groups excluding carboxylic acids is 4. The summed E-state index contributed by atoms with van der Waals surface area (Å²) in [5.41, 5.74) is 0. The Kier molecular flexibility index (Phi) is 5.29. The summed E-state index contributed by atoms with van der Waals surface area (Å²) in [4.78, 5) is 48.3. The molecule has 0 aromatic rings.